The number of guanidine groups is 1. The Morgan fingerprint density at radius 2 is 2.17 bits per heavy atom. The van der Waals surface area contributed by atoms with Gasteiger partial charge in [-0.3, -0.25) is 9.80 Å². The van der Waals surface area contributed by atoms with Gasteiger partial charge in [-0.1, -0.05) is 19.1 Å². The first-order valence-electron chi connectivity index (χ1n) is 11.4. The fourth-order valence-corrected chi connectivity index (χ4v) is 4.35. The highest BCUT2D eigenvalue weighted by molar-refractivity contribution is 5.77. The number of nitrogens with zero attached hydrogens (tertiary/aromatic N) is 3. The summed E-state index contributed by atoms with van der Waals surface area (Å²) in [5, 5.41) is 3.29. The largest absolute Gasteiger partial charge is 0.492 e. The molecule has 1 unspecified atom stereocenters. The molecule has 7 heteroatoms. The fraction of sp³-hybridized carbons (Fsp3) is 0.696. The van der Waals surface area contributed by atoms with E-state index in [4.69, 9.17) is 15.2 Å². The molecule has 0 radical (unpaired) electrons. The topological polar surface area (TPSA) is 75.3 Å². The van der Waals surface area contributed by atoms with E-state index in [-0.39, 0.29) is 0 Å². The number of hydrogen-bond donors (Lipinski definition) is 2. The van der Waals surface area contributed by atoms with Gasteiger partial charge in [-0.25, -0.2) is 4.99 Å². The van der Waals surface area contributed by atoms with Gasteiger partial charge in [0.15, 0.2) is 5.96 Å². The molecular formula is C23H39N5O2. The summed E-state index contributed by atoms with van der Waals surface area (Å²) in [7, 11) is 2.17. The maximum atomic E-state index is 6.08. The zero-order chi connectivity index (χ0) is 21.2. The van der Waals surface area contributed by atoms with Gasteiger partial charge in [0.1, 0.15) is 12.4 Å². The van der Waals surface area contributed by atoms with Crippen molar-refractivity contribution < 1.29 is 9.47 Å². The van der Waals surface area contributed by atoms with Crippen LogP contribution in [-0.4, -0.2) is 80.9 Å². The number of likely N-dealkylation sites (tertiary alicyclic amines) is 1. The van der Waals surface area contributed by atoms with Crippen LogP contribution in [-0.2, 0) is 11.3 Å². The van der Waals surface area contributed by atoms with Crippen molar-refractivity contribution >= 4 is 5.96 Å². The Bertz CT molecular complexity index is 663. The minimum Gasteiger partial charge on any atom is -0.492 e. The molecule has 7 nitrogen and oxygen atoms in total. The predicted octanol–water partition coefficient (Wildman–Crippen LogP) is 2.06. The Morgan fingerprint density at radius 3 is 2.97 bits per heavy atom. The standard InChI is InChI=1S/C23H39N5O2/c1-3-28-11-5-7-21(28)18-26-23(24)25-17-19-6-4-8-22(16-19)30-15-12-27(2)20-9-13-29-14-10-20/h4,6,8,16,20-21H,3,5,7,9-15,17-18H2,1-2H3,(H3,24,25,26). The van der Waals surface area contributed by atoms with E-state index < -0.39 is 0 Å². The third kappa shape index (κ3) is 7.15. The molecule has 0 bridgehead atoms. The average Bonchev–Trinajstić information content (AvgIpc) is 3.25. The molecular weight excluding hydrogens is 378 g/mol. The number of rotatable bonds is 10. The molecule has 168 valence electrons. The Hall–Kier alpha value is -1.83. The highest BCUT2D eigenvalue weighted by Crippen LogP contribution is 2.17. The van der Waals surface area contributed by atoms with Gasteiger partial charge in [0.2, 0.25) is 0 Å². The molecule has 30 heavy (non-hydrogen) atoms. The number of ether oxygens (including phenoxy) is 2. The second-order valence-electron chi connectivity index (χ2n) is 8.33. The zero-order valence-corrected chi connectivity index (χ0v) is 18.7. The molecule has 1 aromatic rings. The lowest BCUT2D eigenvalue weighted by atomic mass is 10.1. The number of nitrogens with two attached hydrogens (primary N) is 1. The number of aliphatic imine (C=N–C) groups is 1. The molecule has 2 fully saturated rings. The molecule has 2 saturated heterocycles. The first kappa shape index (κ1) is 22.8. The molecule has 0 aliphatic carbocycles. The van der Waals surface area contributed by atoms with Gasteiger partial charge in [0, 0.05) is 38.4 Å². The van der Waals surface area contributed by atoms with Crippen LogP contribution in [0.15, 0.2) is 29.3 Å². The van der Waals surface area contributed by atoms with E-state index in [1.165, 1.54) is 19.4 Å². The van der Waals surface area contributed by atoms with Crippen molar-refractivity contribution in [1.82, 2.24) is 15.1 Å². The van der Waals surface area contributed by atoms with Crippen molar-refractivity contribution in [2.24, 2.45) is 10.7 Å². The maximum Gasteiger partial charge on any atom is 0.188 e. The monoisotopic (exact) mass is 417 g/mol. The van der Waals surface area contributed by atoms with E-state index in [9.17, 15) is 0 Å². The highest BCUT2D eigenvalue weighted by atomic mass is 16.5. The zero-order valence-electron chi connectivity index (χ0n) is 18.7. The Kier molecular flexibility index (Phi) is 9.24. The van der Waals surface area contributed by atoms with Gasteiger partial charge in [-0.15, -0.1) is 0 Å². The van der Waals surface area contributed by atoms with Gasteiger partial charge in [-0.05, 0) is 63.5 Å². The minimum atomic E-state index is 0.516. The second kappa shape index (κ2) is 12.1. The van der Waals surface area contributed by atoms with Crippen LogP contribution in [0.25, 0.3) is 0 Å². The van der Waals surface area contributed by atoms with Gasteiger partial charge in [0.05, 0.1) is 6.54 Å². The summed E-state index contributed by atoms with van der Waals surface area (Å²) >= 11 is 0. The summed E-state index contributed by atoms with van der Waals surface area (Å²) < 4.78 is 11.4. The summed E-state index contributed by atoms with van der Waals surface area (Å²) in [6.45, 7) is 9.26. The molecule has 0 aromatic heterocycles. The molecule has 2 heterocycles. The second-order valence-corrected chi connectivity index (χ2v) is 8.33. The van der Waals surface area contributed by atoms with Crippen LogP contribution in [0.1, 0.15) is 38.2 Å². The van der Waals surface area contributed by atoms with Crippen LogP contribution in [0.3, 0.4) is 0 Å². The van der Waals surface area contributed by atoms with Crippen LogP contribution in [0.2, 0.25) is 0 Å². The number of benzene rings is 1. The lowest BCUT2D eigenvalue weighted by molar-refractivity contribution is 0.0392. The van der Waals surface area contributed by atoms with Crippen molar-refractivity contribution in [3.8, 4) is 5.75 Å². The van der Waals surface area contributed by atoms with Crippen LogP contribution < -0.4 is 15.8 Å². The summed E-state index contributed by atoms with van der Waals surface area (Å²) in [5.41, 5.74) is 7.19. The van der Waals surface area contributed by atoms with Crippen molar-refractivity contribution in [1.29, 1.82) is 0 Å². The SMILES string of the molecule is CCN1CCCC1CNC(N)=NCc1cccc(OCCN(C)C2CCOCC2)c1. The normalized spacial score (nSPS) is 21.3. The fourth-order valence-electron chi connectivity index (χ4n) is 4.35. The number of nitrogens with one attached hydrogen (secondary N) is 1. The quantitative estimate of drug-likeness (QED) is 0.448. The van der Waals surface area contributed by atoms with Crippen LogP contribution >= 0.6 is 0 Å². The summed E-state index contributed by atoms with van der Waals surface area (Å²) in [6, 6.07) is 9.31. The third-order valence-corrected chi connectivity index (χ3v) is 6.28. The van der Waals surface area contributed by atoms with Crippen molar-refractivity contribution in [2.75, 3.05) is 53.0 Å². The predicted molar refractivity (Wildman–Crippen MR) is 122 cm³/mol. The summed E-state index contributed by atoms with van der Waals surface area (Å²) in [4.78, 5) is 9.39. The van der Waals surface area contributed by atoms with Crippen LogP contribution in [0.4, 0.5) is 0 Å². The molecule has 2 aliphatic heterocycles. The molecule has 3 rings (SSSR count). The minimum absolute atomic E-state index is 0.516. The van der Waals surface area contributed by atoms with E-state index >= 15 is 0 Å². The number of likely N-dealkylation sites (N-methyl/N-ethyl adjacent to an activating group) is 2. The summed E-state index contributed by atoms with van der Waals surface area (Å²) in [6.07, 6.45) is 4.72. The van der Waals surface area contributed by atoms with E-state index in [1.807, 2.05) is 12.1 Å². The maximum absolute atomic E-state index is 6.08. The molecule has 0 spiro atoms. The van der Waals surface area contributed by atoms with Gasteiger partial charge in [-0.2, -0.15) is 0 Å². The van der Waals surface area contributed by atoms with Crippen LogP contribution in [0, 0.1) is 0 Å². The van der Waals surface area contributed by atoms with E-state index in [0.717, 1.165) is 57.0 Å². The molecule has 0 amide bonds. The molecule has 0 saturated carbocycles. The van der Waals surface area contributed by atoms with Gasteiger partial charge < -0.3 is 20.5 Å². The smallest absolute Gasteiger partial charge is 0.188 e. The van der Waals surface area contributed by atoms with Crippen molar-refractivity contribution in [2.45, 2.75) is 51.2 Å². The lowest BCUT2D eigenvalue weighted by Gasteiger charge is -2.31. The van der Waals surface area contributed by atoms with Crippen LogP contribution in [0.5, 0.6) is 5.75 Å². The third-order valence-electron chi connectivity index (χ3n) is 6.28. The van der Waals surface area contributed by atoms with E-state index in [1.54, 1.807) is 0 Å². The lowest BCUT2D eigenvalue weighted by Crippen LogP contribution is -2.42. The number of hydrogen-bond acceptors (Lipinski definition) is 5. The summed E-state index contributed by atoms with van der Waals surface area (Å²) in [5.74, 6) is 1.40. The average molecular weight is 418 g/mol. The Labute approximate surface area is 181 Å². The molecule has 1 aromatic carbocycles. The van der Waals surface area contributed by atoms with Gasteiger partial charge in [0.25, 0.3) is 0 Å². The molecule has 3 N–H and O–H groups in total. The van der Waals surface area contributed by atoms with Crippen molar-refractivity contribution in [3.63, 3.8) is 0 Å². The van der Waals surface area contributed by atoms with Gasteiger partial charge >= 0.3 is 0 Å². The first-order chi connectivity index (χ1) is 14.7. The van der Waals surface area contributed by atoms with E-state index in [0.29, 0.717) is 31.2 Å². The molecule has 1 atom stereocenters. The first-order valence-corrected chi connectivity index (χ1v) is 11.4. The Balaban J connectivity index is 1.39. The molecule has 2 aliphatic rings. The van der Waals surface area contributed by atoms with Crippen molar-refractivity contribution in [3.05, 3.63) is 29.8 Å². The van der Waals surface area contributed by atoms with E-state index in [2.05, 4.69) is 46.2 Å². The highest BCUT2D eigenvalue weighted by Gasteiger charge is 2.22. The Morgan fingerprint density at radius 1 is 1.33 bits per heavy atom.